The normalized spacial score (nSPS) is 18.1. The molecule has 4 N–H and O–H groups in total. The van der Waals surface area contributed by atoms with Crippen molar-refractivity contribution in [2.24, 2.45) is 0 Å². The maximum absolute atomic E-state index is 12.8. The molecule has 1 aromatic heterocycles. The molecule has 5 rings (SSSR count). The molecule has 3 aromatic rings. The maximum atomic E-state index is 12.8. The van der Waals surface area contributed by atoms with E-state index in [0.717, 1.165) is 24.0 Å². The Hall–Kier alpha value is -3.50. The highest BCUT2D eigenvalue weighted by molar-refractivity contribution is 7.89. The number of rotatable bonds is 5. The van der Waals surface area contributed by atoms with Crippen molar-refractivity contribution in [1.29, 1.82) is 0 Å². The summed E-state index contributed by atoms with van der Waals surface area (Å²) < 4.78 is 27.0. The van der Waals surface area contributed by atoms with E-state index in [9.17, 15) is 13.2 Å². The zero-order valence-corrected chi connectivity index (χ0v) is 19.8. The third-order valence-corrected chi connectivity index (χ3v) is 8.13. The van der Waals surface area contributed by atoms with Crippen LogP contribution in [0.3, 0.4) is 0 Å². The number of nitrogens with one attached hydrogen (secondary N) is 2. The summed E-state index contributed by atoms with van der Waals surface area (Å²) in [6.07, 6.45) is 3.37. The van der Waals surface area contributed by atoms with E-state index in [1.165, 1.54) is 4.31 Å². The Morgan fingerprint density at radius 2 is 1.79 bits per heavy atom. The van der Waals surface area contributed by atoms with Crippen molar-refractivity contribution in [1.82, 2.24) is 19.6 Å². The van der Waals surface area contributed by atoms with Crippen LogP contribution in [0.15, 0.2) is 53.6 Å². The molecule has 2 aromatic carbocycles. The van der Waals surface area contributed by atoms with E-state index in [4.69, 9.17) is 10.7 Å². The lowest BCUT2D eigenvalue weighted by atomic mass is 10.1. The summed E-state index contributed by atoms with van der Waals surface area (Å²) in [4.78, 5) is 21.7. The molecular weight excluding hydrogens is 452 g/mol. The van der Waals surface area contributed by atoms with Gasteiger partial charge in [0.25, 0.3) is 5.91 Å². The van der Waals surface area contributed by atoms with Crippen molar-refractivity contribution in [2.75, 3.05) is 24.6 Å². The van der Waals surface area contributed by atoms with Crippen molar-refractivity contribution in [3.8, 4) is 22.5 Å². The molecule has 1 atom stereocenters. The van der Waals surface area contributed by atoms with E-state index in [0.29, 0.717) is 29.2 Å². The van der Waals surface area contributed by atoms with Gasteiger partial charge in [-0.25, -0.2) is 18.4 Å². The van der Waals surface area contributed by atoms with Crippen molar-refractivity contribution in [3.63, 3.8) is 0 Å². The zero-order chi connectivity index (χ0) is 24.0. The molecule has 2 aliphatic rings. The largest absolute Gasteiger partial charge is 0.382 e. The second-order valence-electron chi connectivity index (χ2n) is 8.78. The van der Waals surface area contributed by atoms with E-state index in [1.54, 1.807) is 49.6 Å². The van der Waals surface area contributed by atoms with Crippen LogP contribution in [-0.4, -0.2) is 54.3 Å². The Morgan fingerprint density at radius 3 is 2.50 bits per heavy atom. The van der Waals surface area contributed by atoms with Crippen LogP contribution in [0.25, 0.3) is 22.5 Å². The van der Waals surface area contributed by atoms with Gasteiger partial charge < -0.3 is 16.4 Å². The van der Waals surface area contributed by atoms with E-state index < -0.39 is 10.0 Å². The van der Waals surface area contributed by atoms with Crippen molar-refractivity contribution in [3.05, 3.63) is 54.2 Å². The van der Waals surface area contributed by atoms with Crippen molar-refractivity contribution >= 4 is 27.4 Å². The maximum Gasteiger partial charge on any atom is 0.253 e. The lowest BCUT2D eigenvalue weighted by molar-refractivity contribution is 0.0945. The molecule has 1 aliphatic carbocycles. The lowest BCUT2D eigenvalue weighted by Crippen LogP contribution is -2.34. The Labute approximate surface area is 198 Å². The summed E-state index contributed by atoms with van der Waals surface area (Å²) in [6.45, 7) is 2.54. The molecule has 1 aliphatic heterocycles. The van der Waals surface area contributed by atoms with Crippen molar-refractivity contribution in [2.45, 2.75) is 36.7 Å². The topological polar surface area (TPSA) is 130 Å². The average Bonchev–Trinajstić information content (AvgIpc) is 3.68. The van der Waals surface area contributed by atoms with Gasteiger partial charge in [0.1, 0.15) is 11.5 Å². The first kappa shape index (κ1) is 22.3. The van der Waals surface area contributed by atoms with Gasteiger partial charge in [0.15, 0.2) is 0 Å². The molecule has 1 amide bonds. The fraction of sp³-hybridized carbons (Fsp3) is 0.292. The number of carbonyl (C=O) groups is 1. The highest BCUT2D eigenvalue weighted by atomic mass is 32.2. The molecule has 1 fully saturated rings. The van der Waals surface area contributed by atoms with Crippen LogP contribution in [0.4, 0.5) is 11.5 Å². The van der Waals surface area contributed by atoms with Crippen LogP contribution in [0.1, 0.15) is 30.1 Å². The number of benzene rings is 2. The molecule has 9 nitrogen and oxygen atoms in total. The van der Waals surface area contributed by atoms with Crippen LogP contribution in [0.5, 0.6) is 0 Å². The Bertz CT molecular complexity index is 1370. The molecular formula is C24H26N6O3S. The third-order valence-electron chi connectivity index (χ3n) is 6.20. The van der Waals surface area contributed by atoms with Crippen molar-refractivity contribution < 1.29 is 13.2 Å². The zero-order valence-electron chi connectivity index (χ0n) is 18.9. The summed E-state index contributed by atoms with van der Waals surface area (Å²) in [5.41, 5.74) is 9.92. The Balaban J connectivity index is 1.46. The number of carbonyl (C=O) groups excluding carboxylic acids is 1. The predicted octanol–water partition coefficient (Wildman–Crippen LogP) is 2.72. The SMILES string of the molecule is C[C@H]1CNc2cc(-c3nc(-c4ccc(S(=O)(=O)N(C)C5CC5)cc4)cnc3N)ccc2C(=O)N1. The summed E-state index contributed by atoms with van der Waals surface area (Å²) in [5.74, 6) is 0.134. The van der Waals surface area contributed by atoms with Gasteiger partial charge in [-0.1, -0.05) is 18.2 Å². The third kappa shape index (κ3) is 4.10. The summed E-state index contributed by atoms with van der Waals surface area (Å²) in [5, 5.41) is 6.22. The molecule has 0 saturated heterocycles. The van der Waals surface area contributed by atoms with E-state index in [-0.39, 0.29) is 28.7 Å². The molecule has 34 heavy (non-hydrogen) atoms. The molecule has 0 unspecified atom stereocenters. The van der Waals surface area contributed by atoms with Crippen LogP contribution in [0.2, 0.25) is 0 Å². The van der Waals surface area contributed by atoms with Gasteiger partial charge in [-0.2, -0.15) is 4.31 Å². The smallest absolute Gasteiger partial charge is 0.253 e. The number of hydrogen-bond acceptors (Lipinski definition) is 7. The standard InChI is InChI=1S/C24H26N6O3S/c1-14-12-26-20-11-16(5-10-19(20)24(31)28-14)22-23(25)27-13-21(29-22)15-3-8-18(9-4-15)34(32,33)30(2)17-6-7-17/h3-5,8-11,13-14,17,26H,6-7,12H2,1-2H3,(H2,25,27)(H,28,31)/t14-/m0/s1. The summed E-state index contributed by atoms with van der Waals surface area (Å²) >= 11 is 0. The Morgan fingerprint density at radius 1 is 1.09 bits per heavy atom. The highest BCUT2D eigenvalue weighted by Gasteiger charge is 2.35. The first-order chi connectivity index (χ1) is 16.2. The number of sulfonamides is 1. The van der Waals surface area contributed by atoms with Gasteiger partial charge in [0.05, 0.1) is 22.3 Å². The molecule has 2 heterocycles. The van der Waals surface area contributed by atoms with Gasteiger partial charge >= 0.3 is 0 Å². The van der Waals surface area contributed by atoms with Crippen LogP contribution < -0.4 is 16.4 Å². The predicted molar refractivity (Wildman–Crippen MR) is 131 cm³/mol. The molecule has 0 bridgehead atoms. The second kappa shape index (κ2) is 8.37. The van der Waals surface area contributed by atoms with E-state index in [2.05, 4.69) is 15.6 Å². The van der Waals surface area contributed by atoms with E-state index >= 15 is 0 Å². The van der Waals surface area contributed by atoms with Gasteiger partial charge in [-0.3, -0.25) is 4.79 Å². The van der Waals surface area contributed by atoms with Gasteiger partial charge in [0.2, 0.25) is 10.0 Å². The van der Waals surface area contributed by atoms with Crippen LogP contribution in [0, 0.1) is 0 Å². The number of nitrogens with two attached hydrogens (primary N) is 1. The first-order valence-electron chi connectivity index (χ1n) is 11.1. The van der Waals surface area contributed by atoms with Crippen LogP contribution >= 0.6 is 0 Å². The molecule has 1 saturated carbocycles. The minimum atomic E-state index is -3.52. The number of hydrogen-bond donors (Lipinski definition) is 3. The average molecular weight is 479 g/mol. The number of nitrogens with zero attached hydrogens (tertiary/aromatic N) is 3. The molecule has 0 spiro atoms. The first-order valence-corrected chi connectivity index (χ1v) is 12.6. The minimum Gasteiger partial charge on any atom is -0.382 e. The molecule has 10 heteroatoms. The number of amides is 1. The fourth-order valence-corrected chi connectivity index (χ4v) is 5.42. The van der Waals surface area contributed by atoms with Gasteiger partial charge in [0, 0.05) is 42.5 Å². The van der Waals surface area contributed by atoms with Gasteiger partial charge in [-0.05, 0) is 44.0 Å². The number of fused-ring (bicyclic) bond motifs is 1. The highest BCUT2D eigenvalue weighted by Crippen LogP contribution is 2.32. The number of aromatic nitrogens is 2. The quantitative estimate of drug-likeness (QED) is 0.514. The number of anilines is 2. The lowest BCUT2D eigenvalue weighted by Gasteiger charge is -2.16. The van der Waals surface area contributed by atoms with Gasteiger partial charge in [-0.15, -0.1) is 0 Å². The monoisotopic (exact) mass is 478 g/mol. The second-order valence-corrected chi connectivity index (χ2v) is 10.8. The van der Waals surface area contributed by atoms with Crippen LogP contribution in [-0.2, 0) is 10.0 Å². The molecule has 0 radical (unpaired) electrons. The summed E-state index contributed by atoms with van der Waals surface area (Å²) in [6, 6.07) is 12.1. The van der Waals surface area contributed by atoms with E-state index in [1.807, 2.05) is 13.0 Å². The molecule has 176 valence electrons. The fourth-order valence-electron chi connectivity index (χ4n) is 4.00. The summed E-state index contributed by atoms with van der Waals surface area (Å²) in [7, 11) is -1.89. The minimum absolute atomic E-state index is 0.00684. The Kier molecular flexibility index (Phi) is 5.49. The number of nitrogen functional groups attached to an aromatic ring is 1.